The highest BCUT2D eigenvalue weighted by Gasteiger charge is 2.05. The SMILES string of the molecule is Cc1nc2ccc(-c3ccn4nccc4c3)cc2c(=O)[nH]1. The van der Waals surface area contributed by atoms with Crippen LogP contribution in [-0.2, 0) is 0 Å². The third-order valence-electron chi connectivity index (χ3n) is 3.56. The van der Waals surface area contributed by atoms with Gasteiger partial charge in [0.05, 0.1) is 16.4 Å². The summed E-state index contributed by atoms with van der Waals surface area (Å²) in [6.45, 7) is 1.78. The Kier molecular flexibility index (Phi) is 2.41. The third-order valence-corrected chi connectivity index (χ3v) is 3.56. The van der Waals surface area contributed by atoms with Crippen LogP contribution in [0.3, 0.4) is 0 Å². The predicted octanol–water partition coefficient (Wildman–Crippen LogP) is 2.55. The van der Waals surface area contributed by atoms with Crippen LogP contribution in [0.1, 0.15) is 5.82 Å². The van der Waals surface area contributed by atoms with Crippen LogP contribution < -0.4 is 5.56 Å². The Morgan fingerprint density at radius 1 is 1.10 bits per heavy atom. The number of nitrogens with one attached hydrogen (secondary N) is 1. The largest absolute Gasteiger partial charge is 0.310 e. The Labute approximate surface area is 119 Å². The summed E-state index contributed by atoms with van der Waals surface area (Å²) in [6, 6.07) is 11.7. The van der Waals surface area contributed by atoms with Crippen LogP contribution in [-0.4, -0.2) is 19.6 Å². The van der Waals surface area contributed by atoms with Crippen molar-refractivity contribution in [3.05, 3.63) is 65.0 Å². The summed E-state index contributed by atoms with van der Waals surface area (Å²) in [4.78, 5) is 19.1. The molecule has 4 aromatic rings. The quantitative estimate of drug-likeness (QED) is 0.581. The van der Waals surface area contributed by atoms with Crippen molar-refractivity contribution < 1.29 is 0 Å². The van der Waals surface area contributed by atoms with E-state index in [9.17, 15) is 4.79 Å². The van der Waals surface area contributed by atoms with Gasteiger partial charge in [-0.15, -0.1) is 0 Å². The molecule has 5 nitrogen and oxygen atoms in total. The smallest absolute Gasteiger partial charge is 0.258 e. The Morgan fingerprint density at radius 3 is 2.86 bits per heavy atom. The van der Waals surface area contributed by atoms with E-state index >= 15 is 0 Å². The monoisotopic (exact) mass is 276 g/mol. The average Bonchev–Trinajstić information content (AvgIpc) is 2.94. The van der Waals surface area contributed by atoms with E-state index in [-0.39, 0.29) is 5.56 Å². The van der Waals surface area contributed by atoms with E-state index in [0.717, 1.165) is 16.6 Å². The minimum Gasteiger partial charge on any atom is -0.310 e. The lowest BCUT2D eigenvalue weighted by molar-refractivity contribution is 0.962. The molecule has 0 radical (unpaired) electrons. The van der Waals surface area contributed by atoms with E-state index in [1.165, 1.54) is 0 Å². The first kappa shape index (κ1) is 11.8. The lowest BCUT2D eigenvalue weighted by Crippen LogP contribution is -2.09. The number of aromatic nitrogens is 4. The van der Waals surface area contributed by atoms with Crippen molar-refractivity contribution in [2.75, 3.05) is 0 Å². The second-order valence-electron chi connectivity index (χ2n) is 5.00. The maximum absolute atomic E-state index is 12.0. The molecule has 3 aromatic heterocycles. The summed E-state index contributed by atoms with van der Waals surface area (Å²) in [6.07, 6.45) is 3.67. The van der Waals surface area contributed by atoms with E-state index in [1.807, 2.05) is 47.1 Å². The van der Waals surface area contributed by atoms with Gasteiger partial charge in [-0.1, -0.05) is 6.07 Å². The molecule has 0 saturated heterocycles. The van der Waals surface area contributed by atoms with Crippen molar-refractivity contribution >= 4 is 16.4 Å². The van der Waals surface area contributed by atoms with Crippen LogP contribution in [0.5, 0.6) is 0 Å². The van der Waals surface area contributed by atoms with Gasteiger partial charge in [-0.2, -0.15) is 5.10 Å². The fourth-order valence-electron chi connectivity index (χ4n) is 2.54. The van der Waals surface area contributed by atoms with Crippen molar-refractivity contribution in [3.8, 4) is 11.1 Å². The average molecular weight is 276 g/mol. The molecule has 0 amide bonds. The summed E-state index contributed by atoms with van der Waals surface area (Å²) in [5.41, 5.74) is 3.66. The first-order valence-electron chi connectivity index (χ1n) is 6.65. The third kappa shape index (κ3) is 1.90. The van der Waals surface area contributed by atoms with Gasteiger partial charge in [0.2, 0.25) is 0 Å². The molecular formula is C16H12N4O. The van der Waals surface area contributed by atoms with E-state index in [2.05, 4.69) is 15.1 Å². The highest BCUT2D eigenvalue weighted by molar-refractivity contribution is 5.84. The summed E-state index contributed by atoms with van der Waals surface area (Å²) < 4.78 is 1.81. The van der Waals surface area contributed by atoms with Crippen molar-refractivity contribution in [3.63, 3.8) is 0 Å². The van der Waals surface area contributed by atoms with E-state index in [1.54, 1.807) is 13.1 Å². The summed E-state index contributed by atoms with van der Waals surface area (Å²) in [5, 5.41) is 4.78. The van der Waals surface area contributed by atoms with Crippen LogP contribution in [0, 0.1) is 6.92 Å². The normalized spacial score (nSPS) is 11.3. The van der Waals surface area contributed by atoms with Gasteiger partial charge in [-0.25, -0.2) is 9.50 Å². The molecule has 0 aliphatic heterocycles. The van der Waals surface area contributed by atoms with Gasteiger partial charge in [-0.3, -0.25) is 4.79 Å². The van der Waals surface area contributed by atoms with Crippen LogP contribution in [0.25, 0.3) is 27.5 Å². The minimum atomic E-state index is -0.107. The van der Waals surface area contributed by atoms with Gasteiger partial charge in [-0.05, 0) is 48.4 Å². The molecule has 21 heavy (non-hydrogen) atoms. The Morgan fingerprint density at radius 2 is 1.95 bits per heavy atom. The number of fused-ring (bicyclic) bond motifs is 2. The molecule has 1 aromatic carbocycles. The molecule has 1 N–H and O–H groups in total. The lowest BCUT2D eigenvalue weighted by Gasteiger charge is -2.05. The number of hydrogen-bond acceptors (Lipinski definition) is 3. The fourth-order valence-corrected chi connectivity index (χ4v) is 2.54. The number of aromatic amines is 1. The fraction of sp³-hybridized carbons (Fsp3) is 0.0625. The van der Waals surface area contributed by atoms with Gasteiger partial charge in [0.1, 0.15) is 5.82 Å². The first-order valence-corrected chi connectivity index (χ1v) is 6.65. The molecule has 0 spiro atoms. The maximum atomic E-state index is 12.0. The zero-order chi connectivity index (χ0) is 14.4. The second kappa shape index (κ2) is 4.28. The maximum Gasteiger partial charge on any atom is 0.258 e. The van der Waals surface area contributed by atoms with Crippen LogP contribution in [0.4, 0.5) is 0 Å². The molecule has 4 rings (SSSR count). The molecule has 0 aliphatic carbocycles. The van der Waals surface area contributed by atoms with Gasteiger partial charge in [0, 0.05) is 12.4 Å². The van der Waals surface area contributed by atoms with Crippen LogP contribution >= 0.6 is 0 Å². The number of aryl methyl sites for hydroxylation is 1. The highest BCUT2D eigenvalue weighted by atomic mass is 16.1. The zero-order valence-electron chi connectivity index (χ0n) is 11.4. The molecule has 0 aliphatic rings. The molecular weight excluding hydrogens is 264 g/mol. The van der Waals surface area contributed by atoms with Crippen molar-refractivity contribution in [1.82, 2.24) is 19.6 Å². The summed E-state index contributed by atoms with van der Waals surface area (Å²) in [7, 11) is 0. The highest BCUT2D eigenvalue weighted by Crippen LogP contribution is 2.23. The molecule has 0 bridgehead atoms. The van der Waals surface area contributed by atoms with E-state index < -0.39 is 0 Å². The molecule has 0 atom stereocenters. The Balaban J connectivity index is 1.95. The van der Waals surface area contributed by atoms with Crippen molar-refractivity contribution in [2.45, 2.75) is 6.92 Å². The Hall–Kier alpha value is -2.95. The van der Waals surface area contributed by atoms with E-state index in [4.69, 9.17) is 0 Å². The van der Waals surface area contributed by atoms with Gasteiger partial charge >= 0.3 is 0 Å². The molecule has 102 valence electrons. The topological polar surface area (TPSA) is 63.1 Å². The van der Waals surface area contributed by atoms with Gasteiger partial charge in [0.25, 0.3) is 5.56 Å². The first-order chi connectivity index (χ1) is 10.2. The number of benzene rings is 1. The summed E-state index contributed by atoms with van der Waals surface area (Å²) in [5.74, 6) is 0.626. The van der Waals surface area contributed by atoms with E-state index in [0.29, 0.717) is 16.7 Å². The van der Waals surface area contributed by atoms with Gasteiger partial charge in [0.15, 0.2) is 0 Å². The molecule has 0 fully saturated rings. The molecule has 0 saturated carbocycles. The lowest BCUT2D eigenvalue weighted by atomic mass is 10.0. The second-order valence-corrected chi connectivity index (χ2v) is 5.00. The molecule has 3 heterocycles. The van der Waals surface area contributed by atoms with Crippen molar-refractivity contribution in [1.29, 1.82) is 0 Å². The minimum absolute atomic E-state index is 0.107. The molecule has 0 unspecified atom stereocenters. The number of nitrogens with zero attached hydrogens (tertiary/aromatic N) is 3. The van der Waals surface area contributed by atoms with Crippen molar-refractivity contribution in [2.24, 2.45) is 0 Å². The Bertz CT molecular complexity index is 1030. The predicted molar refractivity (Wildman–Crippen MR) is 81.3 cm³/mol. The number of H-pyrrole nitrogens is 1. The standard InChI is InChI=1S/C16H12N4O/c1-10-18-15-3-2-11(9-14(15)16(21)19-10)12-5-7-20-13(8-12)4-6-17-20/h2-9H,1H3,(H,18,19,21). The number of pyridine rings is 1. The number of hydrogen-bond donors (Lipinski definition) is 1. The molecule has 5 heteroatoms. The van der Waals surface area contributed by atoms with Crippen LogP contribution in [0.2, 0.25) is 0 Å². The summed E-state index contributed by atoms with van der Waals surface area (Å²) >= 11 is 0. The van der Waals surface area contributed by atoms with Crippen LogP contribution in [0.15, 0.2) is 53.6 Å². The van der Waals surface area contributed by atoms with Gasteiger partial charge < -0.3 is 4.98 Å². The number of rotatable bonds is 1. The zero-order valence-corrected chi connectivity index (χ0v) is 11.4.